The minimum Gasteiger partial charge on any atom is -0.453 e. The van der Waals surface area contributed by atoms with Crippen LogP contribution in [0, 0.1) is 41.2 Å². The maximum Gasteiger partial charge on any atom is 0.259 e. The molecule has 0 saturated heterocycles. The molecule has 66 heavy (non-hydrogen) atoms. The molecule has 0 aliphatic rings. The predicted octanol–water partition coefficient (Wildman–Crippen LogP) is 13.7. The van der Waals surface area contributed by atoms with Gasteiger partial charge in [-0.25, -0.2) is 8.78 Å². The fraction of sp³-hybridized carbons (Fsp3) is 0.0652. The van der Waals surface area contributed by atoms with E-state index in [-0.39, 0.29) is 107 Å². The molecule has 12 nitrogen and oxygen atoms in total. The normalized spacial score (nSPS) is 10.9. The number of aromatic amines is 1. The summed E-state index contributed by atoms with van der Waals surface area (Å²) in [5, 5.41) is 38.2. The summed E-state index contributed by atoms with van der Waals surface area (Å²) in [6.07, 6.45) is -0.0139. The van der Waals surface area contributed by atoms with Gasteiger partial charge in [-0.15, -0.1) is 31.7 Å². The van der Waals surface area contributed by atoms with E-state index in [2.05, 4.69) is 25.4 Å². The Kier molecular flexibility index (Phi) is 13.7. The number of pyridine rings is 1. The van der Waals surface area contributed by atoms with Crippen LogP contribution in [-0.2, 0) is 12.8 Å². The van der Waals surface area contributed by atoms with Crippen LogP contribution < -0.4 is 15.0 Å². The number of H-pyrrole nitrogens is 1. The maximum atomic E-state index is 15.3. The molecular weight excluding hydrogens is 978 g/mol. The second-order valence-electron chi connectivity index (χ2n) is 14.0. The topological polar surface area (TPSA) is 177 Å². The van der Waals surface area contributed by atoms with E-state index < -0.39 is 11.6 Å². The number of benzene rings is 5. The second-order valence-corrected chi connectivity index (χ2v) is 16.9. The average molecular weight is 1000 g/mol. The third kappa shape index (κ3) is 10.2. The van der Waals surface area contributed by atoms with Gasteiger partial charge in [0.25, 0.3) is 5.89 Å². The van der Waals surface area contributed by atoms with Gasteiger partial charge in [0.2, 0.25) is 23.2 Å². The molecule has 0 unspecified atom stereocenters. The lowest BCUT2D eigenvalue weighted by Crippen LogP contribution is -2.03. The van der Waals surface area contributed by atoms with Crippen LogP contribution in [0.4, 0.5) is 8.78 Å². The lowest BCUT2D eigenvalue weighted by molar-refractivity contribution is 0.437. The summed E-state index contributed by atoms with van der Waals surface area (Å²) in [5.41, 5.74) is 2.73. The van der Waals surface area contributed by atoms with Crippen molar-refractivity contribution in [2.45, 2.75) is 19.8 Å². The summed E-state index contributed by atoms with van der Waals surface area (Å²) < 4.78 is 53.2. The number of hydrogen-bond donors (Lipinski definition) is 1. The standard InChI is InChI=1S/C25H13Cl2FN4O3.C21H11Cl3FN3O2S/c26-16-8-13(12-29)9-17(11-16)34-24-19(27)6-4-15(22(24)28)10-21-31-32-25(35-21)18-3-1-2-14-5-7-20(33)30-23(14)18;1-10-9-31-20(17(10)24)21-28-27-16(30-21)6-12-2-3-15(23)19(18(12)25)29-14-5-11(8-26)4-13(22)7-14/h1-9,11H,10H2,(H,30,33);2-5,7,9H,6H2,1H3. The molecule has 1 N–H and O–H groups in total. The van der Waals surface area contributed by atoms with Gasteiger partial charge in [-0.3, -0.25) is 4.79 Å². The minimum absolute atomic E-state index is 0.0212. The number of aryl methyl sites for hydroxylation is 1. The Morgan fingerprint density at radius 1 is 0.697 bits per heavy atom. The highest BCUT2D eigenvalue weighted by Gasteiger charge is 2.22. The number of fused-ring (bicyclic) bond motifs is 1. The molecular formula is C46H24Cl5F2N7O5S. The number of nitrogens with one attached hydrogen (secondary N) is 1. The zero-order chi connectivity index (χ0) is 46.6. The number of nitrogens with zero attached hydrogens (tertiary/aromatic N) is 6. The summed E-state index contributed by atoms with van der Waals surface area (Å²) in [6.45, 7) is 1.88. The first-order valence-electron chi connectivity index (χ1n) is 19.0. The van der Waals surface area contributed by atoms with Crippen LogP contribution in [0.2, 0.25) is 25.1 Å². The number of aromatic nitrogens is 5. The Labute approximate surface area is 401 Å². The van der Waals surface area contributed by atoms with Gasteiger partial charge in [-0.1, -0.05) is 82.3 Å². The molecule has 9 aromatic rings. The van der Waals surface area contributed by atoms with Crippen molar-refractivity contribution in [2.75, 3.05) is 0 Å². The second kappa shape index (κ2) is 19.7. The monoisotopic (exact) mass is 999 g/mol. The van der Waals surface area contributed by atoms with Crippen LogP contribution in [0.1, 0.15) is 39.6 Å². The van der Waals surface area contributed by atoms with Crippen molar-refractivity contribution in [3.63, 3.8) is 0 Å². The van der Waals surface area contributed by atoms with Crippen molar-refractivity contribution in [3.8, 4) is 57.4 Å². The van der Waals surface area contributed by atoms with Crippen LogP contribution in [0.25, 0.3) is 33.1 Å². The van der Waals surface area contributed by atoms with Crippen LogP contribution in [0.3, 0.4) is 0 Å². The molecule has 9 rings (SSSR count). The van der Waals surface area contributed by atoms with Crippen molar-refractivity contribution in [3.05, 3.63) is 183 Å². The number of nitriles is 2. The van der Waals surface area contributed by atoms with Crippen LogP contribution in [0.15, 0.2) is 110 Å². The largest absolute Gasteiger partial charge is 0.453 e. The quantitative estimate of drug-likeness (QED) is 0.138. The zero-order valence-corrected chi connectivity index (χ0v) is 38.0. The smallest absolute Gasteiger partial charge is 0.259 e. The van der Waals surface area contributed by atoms with E-state index in [0.29, 0.717) is 21.0 Å². The number of thiophene rings is 1. The Morgan fingerprint density at radius 3 is 1.77 bits per heavy atom. The fourth-order valence-corrected chi connectivity index (χ4v) is 8.34. The molecule has 4 heterocycles. The van der Waals surface area contributed by atoms with Gasteiger partial charge in [0.15, 0.2) is 23.1 Å². The molecule has 0 aliphatic carbocycles. The van der Waals surface area contributed by atoms with Crippen molar-refractivity contribution in [1.82, 2.24) is 25.4 Å². The number of ether oxygens (including phenoxy) is 2. The molecule has 0 radical (unpaired) electrons. The number of hydrogen-bond acceptors (Lipinski definition) is 12. The van der Waals surface area contributed by atoms with Crippen molar-refractivity contribution < 1.29 is 27.1 Å². The van der Waals surface area contributed by atoms with E-state index in [1.54, 1.807) is 18.2 Å². The Morgan fingerprint density at radius 2 is 1.24 bits per heavy atom. The highest BCUT2D eigenvalue weighted by molar-refractivity contribution is 7.14. The third-order valence-corrected chi connectivity index (χ3v) is 12.1. The molecule has 5 aromatic carbocycles. The van der Waals surface area contributed by atoms with E-state index in [4.69, 9.17) is 86.8 Å². The van der Waals surface area contributed by atoms with Gasteiger partial charge < -0.3 is 23.3 Å². The SMILES string of the molecule is Cc1csc(-c2nnc(Cc3ccc(Cl)c(Oc4cc(Cl)cc(C#N)c4)c3F)o2)c1Cl.N#Cc1cc(Cl)cc(Oc2c(Cl)ccc(Cc3nnc(-c4cccc5ccc(=O)[nH]c45)o3)c2F)c1. The molecule has 20 heteroatoms. The summed E-state index contributed by atoms with van der Waals surface area (Å²) in [6, 6.07) is 27.1. The summed E-state index contributed by atoms with van der Waals surface area (Å²) in [5.74, 6) is -0.657. The molecule has 328 valence electrons. The molecule has 0 bridgehead atoms. The van der Waals surface area contributed by atoms with E-state index >= 15 is 8.78 Å². The first kappa shape index (κ1) is 45.7. The number of rotatable bonds is 10. The van der Waals surface area contributed by atoms with E-state index in [0.717, 1.165) is 10.9 Å². The minimum atomic E-state index is -0.717. The first-order valence-corrected chi connectivity index (χ1v) is 21.8. The van der Waals surface area contributed by atoms with E-state index in [9.17, 15) is 4.79 Å². The molecule has 0 fully saturated rings. The lowest BCUT2D eigenvalue weighted by Gasteiger charge is -2.12. The molecule has 0 saturated carbocycles. The van der Waals surface area contributed by atoms with Crippen molar-refractivity contribution in [2.24, 2.45) is 0 Å². The maximum absolute atomic E-state index is 15.3. The predicted molar refractivity (Wildman–Crippen MR) is 246 cm³/mol. The van der Waals surface area contributed by atoms with Gasteiger partial charge in [-0.05, 0) is 83.9 Å². The summed E-state index contributed by atoms with van der Waals surface area (Å²) in [7, 11) is 0. The Bertz CT molecular complexity index is 3470. The Balaban J connectivity index is 0.000000181. The van der Waals surface area contributed by atoms with E-state index in [1.165, 1.54) is 78.1 Å². The highest BCUT2D eigenvalue weighted by Crippen LogP contribution is 2.39. The number of halogens is 7. The highest BCUT2D eigenvalue weighted by atomic mass is 35.5. The third-order valence-electron chi connectivity index (χ3n) is 9.40. The summed E-state index contributed by atoms with van der Waals surface area (Å²) >= 11 is 31.9. The van der Waals surface area contributed by atoms with E-state index in [1.807, 2.05) is 30.5 Å². The van der Waals surface area contributed by atoms with Crippen LogP contribution in [0.5, 0.6) is 23.0 Å². The van der Waals surface area contributed by atoms with Gasteiger partial charge >= 0.3 is 0 Å². The van der Waals surface area contributed by atoms with Gasteiger partial charge in [0.05, 0.1) is 62.3 Å². The van der Waals surface area contributed by atoms with Crippen molar-refractivity contribution >= 4 is 80.2 Å². The van der Waals surface area contributed by atoms with Gasteiger partial charge in [-0.2, -0.15) is 10.5 Å². The molecule has 0 amide bonds. The number of para-hydroxylation sites is 1. The lowest BCUT2D eigenvalue weighted by atomic mass is 10.1. The van der Waals surface area contributed by atoms with Crippen LogP contribution >= 0.6 is 69.3 Å². The van der Waals surface area contributed by atoms with Gasteiger partial charge in [0, 0.05) is 27.2 Å². The van der Waals surface area contributed by atoms with Crippen molar-refractivity contribution in [1.29, 1.82) is 10.5 Å². The summed E-state index contributed by atoms with van der Waals surface area (Å²) in [4.78, 5) is 15.2. The molecule has 0 spiro atoms. The fourth-order valence-electron chi connectivity index (χ4n) is 6.32. The first-order chi connectivity index (χ1) is 31.8. The Hall–Kier alpha value is -6.82. The molecule has 0 aliphatic heterocycles. The molecule has 4 aromatic heterocycles. The molecule has 0 atom stereocenters. The van der Waals surface area contributed by atoms with Crippen LogP contribution in [-0.4, -0.2) is 25.4 Å². The zero-order valence-electron chi connectivity index (χ0n) is 33.4. The average Bonchev–Trinajstić information content (AvgIpc) is 4.05. The van der Waals surface area contributed by atoms with Gasteiger partial charge in [0.1, 0.15) is 16.4 Å².